The Bertz CT molecular complexity index is 1760. The van der Waals surface area contributed by atoms with Crippen LogP contribution < -0.4 is 38.6 Å². The third-order valence-corrected chi connectivity index (χ3v) is 9.90. The summed E-state index contributed by atoms with van der Waals surface area (Å²) in [5.74, 6) is 3.23. The summed E-state index contributed by atoms with van der Waals surface area (Å²) in [5.41, 5.74) is 3.94. The van der Waals surface area contributed by atoms with Gasteiger partial charge in [-0.1, -0.05) is 0 Å². The number of nitrogens with two attached hydrogens (primary N) is 1. The van der Waals surface area contributed by atoms with E-state index in [0.29, 0.717) is 22.7 Å². The summed E-state index contributed by atoms with van der Waals surface area (Å²) in [6.45, 7) is 3.22. The molecule has 5 rings (SSSR count). The fourth-order valence-electron chi connectivity index (χ4n) is 5.67. The number of nitrogens with one attached hydrogen (secondary N) is 1. The zero-order valence-corrected chi connectivity index (χ0v) is 29.9. The molecular formula is C33H42N6O8S2. The topological polar surface area (TPSA) is 163 Å². The van der Waals surface area contributed by atoms with E-state index < -0.39 is 9.53 Å². The van der Waals surface area contributed by atoms with E-state index in [4.69, 9.17) is 38.4 Å². The zero-order chi connectivity index (χ0) is 35.2. The van der Waals surface area contributed by atoms with Crippen molar-refractivity contribution in [2.75, 3.05) is 82.5 Å². The van der Waals surface area contributed by atoms with Crippen LogP contribution in [0.3, 0.4) is 0 Å². The molecule has 264 valence electrons. The van der Waals surface area contributed by atoms with Crippen LogP contribution in [0.2, 0.25) is 0 Å². The normalized spacial score (nSPS) is 14.4. The fraction of sp³-hybridized carbons (Fsp3) is 0.333. The van der Waals surface area contributed by atoms with E-state index >= 15 is 0 Å². The minimum atomic E-state index is -4.64. The van der Waals surface area contributed by atoms with Crippen LogP contribution in [-0.4, -0.2) is 86.7 Å². The molecule has 49 heavy (non-hydrogen) atoms. The number of pyridine rings is 2. The molecule has 0 spiro atoms. The molecule has 0 bridgehead atoms. The predicted molar refractivity (Wildman–Crippen MR) is 193 cm³/mol. The molecule has 1 saturated heterocycles. The van der Waals surface area contributed by atoms with Gasteiger partial charge in [0.2, 0.25) is 0 Å². The van der Waals surface area contributed by atoms with Crippen molar-refractivity contribution in [1.29, 1.82) is 0 Å². The molecule has 0 aliphatic carbocycles. The van der Waals surface area contributed by atoms with Crippen molar-refractivity contribution in [3.05, 3.63) is 60.9 Å². The summed E-state index contributed by atoms with van der Waals surface area (Å²) >= 11 is 0.904. The van der Waals surface area contributed by atoms with Gasteiger partial charge in [0.1, 0.15) is 52.5 Å². The van der Waals surface area contributed by atoms with Gasteiger partial charge in [-0.2, -0.15) is 4.21 Å². The molecule has 1 fully saturated rings. The molecule has 1 aliphatic heterocycles. The van der Waals surface area contributed by atoms with Crippen molar-refractivity contribution in [3.63, 3.8) is 0 Å². The predicted octanol–water partition coefficient (Wildman–Crippen LogP) is 5.27. The van der Waals surface area contributed by atoms with Gasteiger partial charge in [-0.25, -0.2) is 20.0 Å². The molecule has 0 amide bonds. The van der Waals surface area contributed by atoms with Crippen molar-refractivity contribution in [2.24, 2.45) is 5.14 Å². The first-order valence-corrected chi connectivity index (χ1v) is 18.4. The Morgan fingerprint density at radius 3 is 1.55 bits per heavy atom. The second kappa shape index (κ2) is 15.1. The molecule has 0 atom stereocenters. The second-order valence-corrected chi connectivity index (χ2v) is 15.0. The monoisotopic (exact) mass is 714 g/mol. The smallest absolute Gasteiger partial charge is 0.152 e. The maximum Gasteiger partial charge on any atom is 0.152 e. The summed E-state index contributed by atoms with van der Waals surface area (Å²) < 4.78 is 53.3. The number of aromatic nitrogens is 2. The van der Waals surface area contributed by atoms with Crippen molar-refractivity contribution >= 4 is 39.1 Å². The summed E-state index contributed by atoms with van der Waals surface area (Å²) in [5, 5.41) is 5.78. The van der Waals surface area contributed by atoms with Crippen molar-refractivity contribution < 1.29 is 36.9 Å². The molecule has 2 aromatic heterocycles. The lowest BCUT2D eigenvalue weighted by molar-refractivity contribution is -0.159. The molecule has 0 radical (unpaired) electrons. The van der Waals surface area contributed by atoms with Gasteiger partial charge in [0.15, 0.2) is 4.90 Å². The molecule has 3 heterocycles. The Labute approximate surface area is 290 Å². The third-order valence-electron chi connectivity index (χ3n) is 8.02. The number of ether oxygens (including phenoxy) is 4. The van der Waals surface area contributed by atoms with E-state index in [1.54, 1.807) is 32.5 Å². The average molecular weight is 715 g/mol. The number of hydrogen-bond acceptors (Lipinski definition) is 13. The largest absolute Gasteiger partial charge is 0.495 e. The first-order valence-electron chi connectivity index (χ1n) is 15.2. The maximum atomic E-state index is 12.9. The number of methoxy groups -OCH3 is 4. The number of rotatable bonds is 13. The number of anilines is 3. The Morgan fingerprint density at radius 2 is 1.18 bits per heavy atom. The lowest BCUT2D eigenvalue weighted by Gasteiger charge is -2.36. The highest BCUT2D eigenvalue weighted by Crippen LogP contribution is 2.43. The van der Waals surface area contributed by atoms with Gasteiger partial charge in [-0.3, -0.25) is 9.27 Å². The van der Waals surface area contributed by atoms with Crippen LogP contribution in [0.25, 0.3) is 22.3 Å². The summed E-state index contributed by atoms with van der Waals surface area (Å²) in [7, 11) is 2.80. The van der Waals surface area contributed by atoms with Crippen LogP contribution in [0.15, 0.2) is 65.8 Å². The van der Waals surface area contributed by atoms with E-state index in [-0.39, 0.29) is 16.4 Å². The first kappa shape index (κ1) is 36.0. The van der Waals surface area contributed by atoms with Crippen LogP contribution in [0.1, 0.15) is 6.42 Å². The SMILES string of the molecule is COOSNc1c(OC)cc(-c2ccc(N3CCCN(c4ccc(-c5cc(OC)c(S(C)(N)(=O)O)c(OC)c5)cn4)CC3)nc2)cc1OC. The van der Waals surface area contributed by atoms with Crippen LogP contribution in [-0.2, 0) is 18.8 Å². The van der Waals surface area contributed by atoms with Gasteiger partial charge < -0.3 is 28.7 Å². The minimum absolute atomic E-state index is 0.0789. The van der Waals surface area contributed by atoms with E-state index in [0.717, 1.165) is 79.4 Å². The van der Waals surface area contributed by atoms with Crippen LogP contribution in [0, 0.1) is 0 Å². The average Bonchev–Trinajstić information content (AvgIpc) is 3.37. The molecule has 14 nitrogen and oxygen atoms in total. The van der Waals surface area contributed by atoms with Crippen LogP contribution >= 0.6 is 12.2 Å². The molecule has 1 aliphatic rings. The van der Waals surface area contributed by atoms with E-state index in [1.165, 1.54) is 21.3 Å². The molecule has 0 saturated carbocycles. The van der Waals surface area contributed by atoms with Gasteiger partial charge in [0.25, 0.3) is 0 Å². The highest BCUT2D eigenvalue weighted by Gasteiger charge is 2.29. The Kier molecular flexibility index (Phi) is 11.1. The lowest BCUT2D eigenvalue weighted by atomic mass is 10.1. The summed E-state index contributed by atoms with van der Waals surface area (Å²) in [6, 6.07) is 15.1. The third kappa shape index (κ3) is 8.29. The van der Waals surface area contributed by atoms with Gasteiger partial charge in [-0.05, 0) is 66.1 Å². The molecule has 0 unspecified atom stereocenters. The van der Waals surface area contributed by atoms with E-state index in [2.05, 4.69) is 19.4 Å². The molecule has 2 aromatic carbocycles. The van der Waals surface area contributed by atoms with Crippen molar-refractivity contribution in [3.8, 4) is 45.3 Å². The molecule has 4 aromatic rings. The molecule has 4 N–H and O–H groups in total. The number of nitrogens with zero attached hydrogens (tertiary/aromatic N) is 4. The van der Waals surface area contributed by atoms with E-state index in [9.17, 15) is 8.76 Å². The summed E-state index contributed by atoms with van der Waals surface area (Å²) in [6.07, 6.45) is 5.62. The van der Waals surface area contributed by atoms with Gasteiger partial charge in [0, 0.05) is 56.0 Å². The van der Waals surface area contributed by atoms with Crippen molar-refractivity contribution in [2.45, 2.75) is 11.3 Å². The second-order valence-electron chi connectivity index (χ2n) is 11.4. The Hall–Kier alpha value is -4.32. The fourth-order valence-corrected chi connectivity index (χ4v) is 7.32. The maximum absolute atomic E-state index is 12.9. The molecule has 16 heteroatoms. The number of hydrogen-bond donors (Lipinski definition) is 3. The van der Waals surface area contributed by atoms with Crippen LogP contribution in [0.5, 0.6) is 23.0 Å². The standard InChI is InChI=1S/C33H42N6O8S2/c1-42-26-16-24(17-27(43-2)32(26)37-48-47-46-5)22-8-10-30(35-20-22)38-12-7-13-39(15-14-38)31-11-9-23(21-36-31)25-18-28(44-3)33(29(19-25)45-4)49(6,34,40)41/h8-11,16-21,37H,7,12-15H2,1-6H3,(H3,34,40,41). The van der Waals surface area contributed by atoms with Crippen LogP contribution in [0.4, 0.5) is 17.3 Å². The Morgan fingerprint density at radius 1 is 0.735 bits per heavy atom. The van der Waals surface area contributed by atoms with E-state index in [1.807, 2.05) is 42.6 Å². The lowest BCUT2D eigenvalue weighted by Crippen LogP contribution is -2.41. The number of benzene rings is 2. The zero-order valence-electron chi connectivity index (χ0n) is 28.3. The summed E-state index contributed by atoms with van der Waals surface area (Å²) in [4.78, 5) is 18.6. The molecular weight excluding hydrogens is 673 g/mol. The minimum Gasteiger partial charge on any atom is -0.495 e. The quantitative estimate of drug-likeness (QED) is 0.0540. The highest BCUT2D eigenvalue weighted by molar-refractivity contribution is 8.12. The van der Waals surface area contributed by atoms with Gasteiger partial charge in [-0.15, -0.1) is 13.9 Å². The highest BCUT2D eigenvalue weighted by atomic mass is 32.3. The Balaban J connectivity index is 1.28. The van der Waals surface area contributed by atoms with Gasteiger partial charge >= 0.3 is 0 Å². The van der Waals surface area contributed by atoms with Gasteiger partial charge in [0.05, 0.1) is 35.5 Å². The van der Waals surface area contributed by atoms with Crippen molar-refractivity contribution in [1.82, 2.24) is 9.97 Å². The first-order chi connectivity index (χ1) is 23.5.